The second kappa shape index (κ2) is 2.90. The summed E-state index contributed by atoms with van der Waals surface area (Å²) < 4.78 is 1.85. The van der Waals surface area contributed by atoms with E-state index in [1.54, 1.807) is 0 Å². The molecule has 66 valence electrons. The lowest BCUT2D eigenvalue weighted by Crippen LogP contribution is -2.23. The summed E-state index contributed by atoms with van der Waals surface area (Å²) in [6, 6.07) is 2.41. The van der Waals surface area contributed by atoms with Crippen LogP contribution in [0.5, 0.6) is 0 Å². The maximum atomic E-state index is 5.97. The monoisotopic (exact) mass is 165 g/mol. The van der Waals surface area contributed by atoms with Gasteiger partial charge in [0.15, 0.2) is 0 Å². The van der Waals surface area contributed by atoms with Crippen molar-refractivity contribution >= 4 is 0 Å². The van der Waals surface area contributed by atoms with Crippen molar-refractivity contribution in [3.63, 3.8) is 0 Å². The molecule has 2 unspecified atom stereocenters. The van der Waals surface area contributed by atoms with E-state index < -0.39 is 0 Å². The molecule has 0 spiro atoms. The molecule has 2 rings (SSSR count). The molecule has 0 bridgehead atoms. The highest BCUT2D eigenvalue weighted by Crippen LogP contribution is 2.31. The van der Waals surface area contributed by atoms with Crippen molar-refractivity contribution in [3.8, 4) is 0 Å². The number of nitrogens with two attached hydrogens (primary N) is 1. The predicted octanol–water partition coefficient (Wildman–Crippen LogP) is 1.01. The van der Waals surface area contributed by atoms with E-state index in [1.165, 1.54) is 18.5 Å². The van der Waals surface area contributed by atoms with Crippen LogP contribution in [0.25, 0.3) is 0 Å². The fourth-order valence-corrected chi connectivity index (χ4v) is 1.99. The molecular weight excluding hydrogens is 150 g/mol. The largest absolute Gasteiger partial charge is 0.327 e. The third kappa shape index (κ3) is 1.25. The first-order chi connectivity index (χ1) is 5.77. The zero-order chi connectivity index (χ0) is 8.55. The van der Waals surface area contributed by atoms with Crippen LogP contribution >= 0.6 is 0 Å². The van der Waals surface area contributed by atoms with Crippen molar-refractivity contribution in [2.75, 3.05) is 0 Å². The highest BCUT2D eigenvalue weighted by molar-refractivity contribution is 5.11. The van der Waals surface area contributed by atoms with Gasteiger partial charge in [-0.2, -0.15) is 5.10 Å². The van der Waals surface area contributed by atoms with Crippen LogP contribution in [-0.2, 0) is 7.05 Å². The number of nitrogens with zero attached hydrogens (tertiary/aromatic N) is 2. The van der Waals surface area contributed by atoms with Crippen LogP contribution in [0.2, 0.25) is 0 Å². The molecule has 3 heteroatoms. The third-order valence-electron chi connectivity index (χ3n) is 2.68. The van der Waals surface area contributed by atoms with E-state index in [2.05, 4.69) is 11.2 Å². The molecule has 1 heterocycles. The highest BCUT2D eigenvalue weighted by atomic mass is 15.2. The molecule has 1 fully saturated rings. The fraction of sp³-hybridized carbons (Fsp3) is 0.667. The van der Waals surface area contributed by atoms with Crippen molar-refractivity contribution in [3.05, 3.63) is 18.0 Å². The van der Waals surface area contributed by atoms with Crippen LogP contribution in [0.3, 0.4) is 0 Å². The molecular formula is C9H15N3. The van der Waals surface area contributed by atoms with E-state index in [1.807, 2.05) is 17.9 Å². The summed E-state index contributed by atoms with van der Waals surface area (Å²) in [5.41, 5.74) is 7.14. The zero-order valence-electron chi connectivity index (χ0n) is 7.40. The highest BCUT2D eigenvalue weighted by Gasteiger charge is 2.26. The molecule has 2 N–H and O–H groups in total. The number of hydrogen-bond acceptors (Lipinski definition) is 2. The van der Waals surface area contributed by atoms with Crippen molar-refractivity contribution in [1.29, 1.82) is 0 Å². The second-order valence-corrected chi connectivity index (χ2v) is 3.62. The molecule has 0 saturated heterocycles. The fourth-order valence-electron chi connectivity index (χ4n) is 1.99. The Morgan fingerprint density at radius 1 is 1.58 bits per heavy atom. The number of aromatic nitrogens is 2. The van der Waals surface area contributed by atoms with Gasteiger partial charge in [0.25, 0.3) is 0 Å². The van der Waals surface area contributed by atoms with E-state index in [4.69, 9.17) is 5.73 Å². The molecule has 1 aromatic rings. The minimum Gasteiger partial charge on any atom is -0.327 e. The average Bonchev–Trinajstić information content (AvgIpc) is 2.58. The number of aryl methyl sites for hydroxylation is 1. The van der Waals surface area contributed by atoms with E-state index in [-0.39, 0.29) is 0 Å². The van der Waals surface area contributed by atoms with Crippen molar-refractivity contribution < 1.29 is 0 Å². The molecule has 12 heavy (non-hydrogen) atoms. The SMILES string of the molecule is Cn1ccc(C2CCCC2N)n1. The molecule has 0 amide bonds. The van der Waals surface area contributed by atoms with Gasteiger partial charge < -0.3 is 5.73 Å². The maximum absolute atomic E-state index is 5.97. The Bertz CT molecular complexity index is 266. The van der Waals surface area contributed by atoms with Crippen LogP contribution < -0.4 is 5.73 Å². The predicted molar refractivity (Wildman–Crippen MR) is 47.8 cm³/mol. The molecule has 0 aliphatic heterocycles. The standard InChI is InChI=1S/C9H15N3/c1-12-6-5-9(11-12)7-3-2-4-8(7)10/h5-8H,2-4,10H2,1H3. The van der Waals surface area contributed by atoms with Crippen molar-refractivity contribution in [1.82, 2.24) is 9.78 Å². The summed E-state index contributed by atoms with van der Waals surface area (Å²) in [6.45, 7) is 0. The van der Waals surface area contributed by atoms with Crippen molar-refractivity contribution in [2.24, 2.45) is 12.8 Å². The molecule has 0 aromatic carbocycles. The maximum Gasteiger partial charge on any atom is 0.0670 e. The Morgan fingerprint density at radius 2 is 2.42 bits per heavy atom. The minimum absolute atomic E-state index is 0.333. The van der Waals surface area contributed by atoms with Crippen LogP contribution in [0.15, 0.2) is 12.3 Å². The molecule has 2 atom stereocenters. The van der Waals surface area contributed by atoms with Gasteiger partial charge in [0, 0.05) is 25.2 Å². The topological polar surface area (TPSA) is 43.8 Å². The lowest BCUT2D eigenvalue weighted by molar-refractivity contribution is 0.584. The molecule has 1 aliphatic carbocycles. The summed E-state index contributed by atoms with van der Waals surface area (Å²) in [4.78, 5) is 0. The molecule has 1 saturated carbocycles. The van der Waals surface area contributed by atoms with Gasteiger partial charge in [-0.3, -0.25) is 4.68 Å². The van der Waals surface area contributed by atoms with Crippen LogP contribution in [0.1, 0.15) is 30.9 Å². The van der Waals surface area contributed by atoms with Crippen LogP contribution in [0, 0.1) is 0 Å². The van der Waals surface area contributed by atoms with Gasteiger partial charge in [-0.05, 0) is 18.9 Å². The normalized spacial score (nSPS) is 29.5. The van der Waals surface area contributed by atoms with E-state index >= 15 is 0 Å². The zero-order valence-corrected chi connectivity index (χ0v) is 7.40. The lowest BCUT2D eigenvalue weighted by atomic mass is 10.0. The van der Waals surface area contributed by atoms with Gasteiger partial charge in [-0.1, -0.05) is 6.42 Å². The van der Waals surface area contributed by atoms with E-state index in [0.717, 1.165) is 6.42 Å². The van der Waals surface area contributed by atoms with Gasteiger partial charge in [-0.15, -0.1) is 0 Å². The van der Waals surface area contributed by atoms with Gasteiger partial charge in [0.1, 0.15) is 0 Å². The first-order valence-corrected chi connectivity index (χ1v) is 4.52. The minimum atomic E-state index is 0.333. The summed E-state index contributed by atoms with van der Waals surface area (Å²) in [7, 11) is 1.95. The lowest BCUT2D eigenvalue weighted by Gasteiger charge is -2.11. The Balaban J connectivity index is 2.19. The second-order valence-electron chi connectivity index (χ2n) is 3.62. The van der Waals surface area contributed by atoms with Crippen LogP contribution in [-0.4, -0.2) is 15.8 Å². The molecule has 1 aromatic heterocycles. The number of hydrogen-bond donors (Lipinski definition) is 1. The molecule has 1 aliphatic rings. The average molecular weight is 165 g/mol. The molecule has 3 nitrogen and oxygen atoms in total. The van der Waals surface area contributed by atoms with Gasteiger partial charge in [0.2, 0.25) is 0 Å². The Labute approximate surface area is 72.6 Å². The first kappa shape index (κ1) is 7.80. The summed E-state index contributed by atoms with van der Waals surface area (Å²) in [5.74, 6) is 0.506. The van der Waals surface area contributed by atoms with Gasteiger partial charge >= 0.3 is 0 Å². The number of rotatable bonds is 1. The van der Waals surface area contributed by atoms with Crippen molar-refractivity contribution in [2.45, 2.75) is 31.2 Å². The third-order valence-corrected chi connectivity index (χ3v) is 2.68. The molecule has 0 radical (unpaired) electrons. The summed E-state index contributed by atoms with van der Waals surface area (Å²) in [5, 5.41) is 4.38. The smallest absolute Gasteiger partial charge is 0.0670 e. The first-order valence-electron chi connectivity index (χ1n) is 4.52. The van der Waals surface area contributed by atoms with E-state index in [0.29, 0.717) is 12.0 Å². The van der Waals surface area contributed by atoms with Crippen LogP contribution in [0.4, 0.5) is 0 Å². The van der Waals surface area contributed by atoms with Gasteiger partial charge in [0.05, 0.1) is 5.69 Å². The quantitative estimate of drug-likeness (QED) is 0.675. The summed E-state index contributed by atoms with van der Waals surface area (Å²) in [6.07, 6.45) is 5.60. The van der Waals surface area contributed by atoms with E-state index in [9.17, 15) is 0 Å². The van der Waals surface area contributed by atoms with Gasteiger partial charge in [-0.25, -0.2) is 0 Å². The Morgan fingerprint density at radius 3 is 2.92 bits per heavy atom. The summed E-state index contributed by atoms with van der Waals surface area (Å²) >= 11 is 0. The Hall–Kier alpha value is -0.830. The Kier molecular flexibility index (Phi) is 1.89.